The van der Waals surface area contributed by atoms with Crippen LogP contribution in [0.1, 0.15) is 98.8 Å². The molecule has 5 rings (SSSR count). The summed E-state index contributed by atoms with van der Waals surface area (Å²) in [6, 6.07) is 0. The number of ketones is 1. The van der Waals surface area contributed by atoms with E-state index >= 15 is 0 Å². The van der Waals surface area contributed by atoms with Gasteiger partial charge >= 0.3 is 0 Å². The summed E-state index contributed by atoms with van der Waals surface area (Å²) in [5.41, 5.74) is 1.59. The van der Waals surface area contributed by atoms with Gasteiger partial charge in [-0.2, -0.15) is 0 Å². The van der Waals surface area contributed by atoms with E-state index < -0.39 is 0 Å². The average Bonchev–Trinajstić information content (AvgIpc) is 3.17. The van der Waals surface area contributed by atoms with Crippen LogP contribution < -0.4 is 0 Å². The fourth-order valence-electron chi connectivity index (χ4n) is 11.4. The first kappa shape index (κ1) is 24.0. The van der Waals surface area contributed by atoms with Crippen LogP contribution in [0.5, 0.6) is 0 Å². The smallest absolute Gasteiger partial charge is 0.138 e. The van der Waals surface area contributed by atoms with E-state index in [0.29, 0.717) is 35.4 Å². The van der Waals surface area contributed by atoms with Gasteiger partial charge in [-0.15, -0.1) is 0 Å². The quantitative estimate of drug-likeness (QED) is 0.499. The molecular weight excluding hydrogens is 408 g/mol. The number of Topliss-reactive ketones (excluding diaryl/α,β-unsaturated/α-hetero) is 1. The fraction of sp³-hybridized carbons (Fsp3) is 0.900. The number of aliphatic hydroxyl groups excluding tert-OH is 2. The van der Waals surface area contributed by atoms with E-state index in [4.69, 9.17) is 0 Å². The highest BCUT2D eigenvalue weighted by Gasteiger charge is 2.70. The van der Waals surface area contributed by atoms with Gasteiger partial charge in [0, 0.05) is 18.4 Å². The van der Waals surface area contributed by atoms with Crippen LogP contribution >= 0.6 is 0 Å². The van der Waals surface area contributed by atoms with Crippen molar-refractivity contribution in [2.24, 2.45) is 56.7 Å². The molecule has 0 heterocycles. The minimum Gasteiger partial charge on any atom is -0.396 e. The van der Waals surface area contributed by atoms with E-state index in [1.165, 1.54) is 32.1 Å². The van der Waals surface area contributed by atoms with E-state index in [-0.39, 0.29) is 40.3 Å². The molecule has 0 aromatic rings. The number of carbonyl (C=O) groups excluding carboxylic acids is 1. The molecule has 5 saturated carbocycles. The molecule has 0 unspecified atom stereocenters. The molecule has 5 aliphatic rings. The van der Waals surface area contributed by atoms with Crippen LogP contribution in [0.25, 0.3) is 0 Å². The third-order valence-corrected chi connectivity index (χ3v) is 13.4. The van der Waals surface area contributed by atoms with Gasteiger partial charge in [-0.1, -0.05) is 41.2 Å². The molecule has 5 aliphatic carbocycles. The predicted molar refractivity (Wildman–Crippen MR) is 132 cm³/mol. The summed E-state index contributed by atoms with van der Waals surface area (Å²) in [7, 11) is 0. The third-order valence-electron chi connectivity index (χ3n) is 13.4. The third kappa shape index (κ3) is 2.85. The van der Waals surface area contributed by atoms with Crippen molar-refractivity contribution >= 4 is 5.78 Å². The SMILES string of the molecule is C=C(CO)[C@H]1CC[C@@]2(CO)CC[C@]3(C)[C@H](CC[C@H]4[C@@]5(C)CCC(=O)C(C)(C)[C@@H]5CC[C@@]43C)[C@H]12. The minimum atomic E-state index is -0.194. The van der Waals surface area contributed by atoms with Crippen LogP contribution in [0.4, 0.5) is 0 Å². The molecule has 0 radical (unpaired) electrons. The topological polar surface area (TPSA) is 57.5 Å². The van der Waals surface area contributed by atoms with Crippen LogP contribution in [0.2, 0.25) is 0 Å². The zero-order valence-corrected chi connectivity index (χ0v) is 21.9. The molecule has 0 aromatic heterocycles. The highest BCUT2D eigenvalue weighted by molar-refractivity contribution is 5.85. The van der Waals surface area contributed by atoms with Gasteiger partial charge in [0.1, 0.15) is 5.78 Å². The Bertz CT molecular complexity index is 845. The second kappa shape index (κ2) is 7.42. The maximum atomic E-state index is 12.9. The Balaban J connectivity index is 1.55. The van der Waals surface area contributed by atoms with Crippen LogP contribution in [0.3, 0.4) is 0 Å². The number of aliphatic hydroxyl groups is 2. The summed E-state index contributed by atoms with van der Waals surface area (Å²) in [4.78, 5) is 12.9. The first-order valence-electron chi connectivity index (χ1n) is 13.8. The zero-order valence-electron chi connectivity index (χ0n) is 21.9. The van der Waals surface area contributed by atoms with Crippen molar-refractivity contribution < 1.29 is 15.0 Å². The zero-order chi connectivity index (χ0) is 24.0. The van der Waals surface area contributed by atoms with E-state index in [2.05, 4.69) is 41.2 Å². The van der Waals surface area contributed by atoms with Gasteiger partial charge in [0.25, 0.3) is 0 Å². The number of hydrogen-bond donors (Lipinski definition) is 2. The summed E-state index contributed by atoms with van der Waals surface area (Å²) in [6.45, 7) is 16.9. The monoisotopic (exact) mass is 456 g/mol. The molecule has 3 nitrogen and oxygen atoms in total. The molecular formula is C30H48O3. The Labute approximate surface area is 201 Å². The molecule has 0 amide bonds. The number of fused-ring (bicyclic) bond motifs is 7. The summed E-state index contributed by atoms with van der Waals surface area (Å²) in [5.74, 6) is 3.04. The first-order chi connectivity index (χ1) is 15.4. The Morgan fingerprint density at radius 2 is 1.61 bits per heavy atom. The molecule has 186 valence electrons. The van der Waals surface area contributed by atoms with Crippen molar-refractivity contribution in [3.05, 3.63) is 12.2 Å². The molecule has 3 heteroatoms. The second-order valence-electron chi connectivity index (χ2n) is 14.3. The standard InChI is InChI=1S/C30H48O3/c1-19(17-31)20-9-14-30(18-32)16-15-28(5)21(25(20)30)7-8-23-27(4)12-11-24(33)26(2,3)22(27)10-13-29(23,28)6/h20-23,25,31-32H,1,7-18H2,2-6H3/t20-,21-,22+,23+,25+,27+,28-,29+,30+/m1/s1. The Kier molecular flexibility index (Phi) is 5.40. The Morgan fingerprint density at radius 1 is 0.879 bits per heavy atom. The maximum Gasteiger partial charge on any atom is 0.138 e. The molecule has 9 atom stereocenters. The van der Waals surface area contributed by atoms with Gasteiger partial charge in [0.2, 0.25) is 0 Å². The highest BCUT2D eigenvalue weighted by Crippen LogP contribution is 2.77. The minimum absolute atomic E-state index is 0.0243. The summed E-state index contributed by atoms with van der Waals surface area (Å²) < 4.78 is 0. The fourth-order valence-corrected chi connectivity index (χ4v) is 11.4. The Hall–Kier alpha value is -0.670. The van der Waals surface area contributed by atoms with Crippen molar-refractivity contribution in [2.45, 2.75) is 98.8 Å². The van der Waals surface area contributed by atoms with Crippen molar-refractivity contribution in [2.75, 3.05) is 13.2 Å². The molecule has 5 fully saturated rings. The first-order valence-corrected chi connectivity index (χ1v) is 13.8. The van der Waals surface area contributed by atoms with Crippen LogP contribution in [-0.4, -0.2) is 29.2 Å². The molecule has 0 aromatic carbocycles. The predicted octanol–water partition coefficient (Wildman–Crippen LogP) is 6.18. The highest BCUT2D eigenvalue weighted by atomic mass is 16.3. The van der Waals surface area contributed by atoms with Crippen molar-refractivity contribution in [1.82, 2.24) is 0 Å². The maximum absolute atomic E-state index is 12.9. The summed E-state index contributed by atoms with van der Waals surface area (Å²) in [6.07, 6.45) is 11.2. The number of rotatable bonds is 3. The van der Waals surface area contributed by atoms with Crippen molar-refractivity contribution in [3.8, 4) is 0 Å². The average molecular weight is 457 g/mol. The molecule has 2 N–H and O–H groups in total. The van der Waals surface area contributed by atoms with Crippen molar-refractivity contribution in [3.63, 3.8) is 0 Å². The Morgan fingerprint density at radius 3 is 2.27 bits per heavy atom. The van der Waals surface area contributed by atoms with E-state index in [0.717, 1.165) is 37.7 Å². The van der Waals surface area contributed by atoms with Crippen LogP contribution in [0, 0.1) is 56.7 Å². The van der Waals surface area contributed by atoms with E-state index in [9.17, 15) is 15.0 Å². The van der Waals surface area contributed by atoms with Gasteiger partial charge in [-0.05, 0) is 115 Å². The molecule has 0 bridgehead atoms. The lowest BCUT2D eigenvalue weighted by Gasteiger charge is -2.72. The van der Waals surface area contributed by atoms with Crippen LogP contribution in [0.15, 0.2) is 12.2 Å². The molecule has 0 saturated heterocycles. The van der Waals surface area contributed by atoms with E-state index in [1.54, 1.807) is 0 Å². The van der Waals surface area contributed by atoms with E-state index in [1.807, 2.05) is 0 Å². The summed E-state index contributed by atoms with van der Waals surface area (Å²) in [5, 5.41) is 20.6. The molecule has 33 heavy (non-hydrogen) atoms. The normalized spacial score (nSPS) is 52.9. The van der Waals surface area contributed by atoms with Gasteiger partial charge in [-0.3, -0.25) is 4.79 Å². The lowest BCUT2D eigenvalue weighted by molar-refractivity contribution is -0.236. The number of carbonyl (C=O) groups is 1. The molecule has 0 aliphatic heterocycles. The molecule has 0 spiro atoms. The lowest BCUT2D eigenvalue weighted by Crippen LogP contribution is -2.66. The van der Waals surface area contributed by atoms with Crippen molar-refractivity contribution in [1.29, 1.82) is 0 Å². The largest absolute Gasteiger partial charge is 0.396 e. The van der Waals surface area contributed by atoms with Gasteiger partial charge in [0.15, 0.2) is 0 Å². The van der Waals surface area contributed by atoms with Gasteiger partial charge in [0.05, 0.1) is 6.61 Å². The van der Waals surface area contributed by atoms with Gasteiger partial charge in [-0.25, -0.2) is 0 Å². The van der Waals surface area contributed by atoms with Crippen LogP contribution in [-0.2, 0) is 4.79 Å². The second-order valence-corrected chi connectivity index (χ2v) is 14.3. The van der Waals surface area contributed by atoms with Gasteiger partial charge < -0.3 is 10.2 Å². The number of hydrogen-bond acceptors (Lipinski definition) is 3. The summed E-state index contributed by atoms with van der Waals surface area (Å²) >= 11 is 0. The lowest BCUT2D eigenvalue weighted by atomic mass is 9.32.